The van der Waals surface area contributed by atoms with Gasteiger partial charge in [-0.15, -0.1) is 24.9 Å². The largest absolute Gasteiger partial charge is 0.573 e. The summed E-state index contributed by atoms with van der Waals surface area (Å²) in [5.74, 6) is -0.414. The first-order valence-electron chi connectivity index (χ1n) is 10.7. The van der Waals surface area contributed by atoms with E-state index in [-0.39, 0.29) is 29.5 Å². The average molecular weight is 565 g/mol. The highest BCUT2D eigenvalue weighted by Gasteiger charge is 2.31. The van der Waals surface area contributed by atoms with Crippen LogP contribution < -0.4 is 15.2 Å². The van der Waals surface area contributed by atoms with Crippen molar-refractivity contribution >= 4 is 39.1 Å². The van der Waals surface area contributed by atoms with Crippen LogP contribution in [0.15, 0.2) is 52.3 Å². The number of rotatable bonds is 10. The van der Waals surface area contributed by atoms with Crippen molar-refractivity contribution < 1.29 is 40.8 Å². The van der Waals surface area contributed by atoms with Crippen molar-refractivity contribution in [1.82, 2.24) is 4.90 Å². The lowest BCUT2D eigenvalue weighted by molar-refractivity contribution is -0.384. The van der Waals surface area contributed by atoms with Gasteiger partial charge < -0.3 is 19.7 Å². The minimum atomic E-state index is -4.82. The van der Waals surface area contributed by atoms with Gasteiger partial charge >= 0.3 is 6.36 Å². The molecule has 11 nitrogen and oxygen atoms in total. The standard InChI is InChI=1S/C21H23F3N4O7S2/c22-21(23,24)35-15-1-3-16(4-2-15)36-13-14(11-20(29)27-7-9-34-10-8-27)26-18-6-5-17(37(25,32)33)12-19(18)28(30)31/h1-6,12,14,26H,7-11,13H2,(H2,25,32,33)/t14-/m1/s1. The monoisotopic (exact) mass is 564 g/mol. The average Bonchev–Trinajstić information content (AvgIpc) is 2.82. The first kappa shape index (κ1) is 28.5. The van der Waals surface area contributed by atoms with E-state index in [9.17, 15) is 36.5 Å². The number of alkyl halides is 3. The summed E-state index contributed by atoms with van der Waals surface area (Å²) in [6, 6.07) is 7.58. The molecule has 202 valence electrons. The SMILES string of the molecule is NS(=O)(=O)c1ccc(N[C@@H](CSc2ccc(OC(F)(F)F)cc2)CC(=O)N2CCOCC2)c([N+](=O)[O-])c1. The Labute approximate surface area is 214 Å². The van der Waals surface area contributed by atoms with E-state index in [1.165, 1.54) is 30.0 Å². The molecule has 0 unspecified atom stereocenters. The van der Waals surface area contributed by atoms with E-state index in [0.717, 1.165) is 24.3 Å². The summed E-state index contributed by atoms with van der Waals surface area (Å²) in [5, 5.41) is 19.6. The summed E-state index contributed by atoms with van der Waals surface area (Å²) < 4.78 is 69.5. The Morgan fingerprint density at radius 1 is 1.22 bits per heavy atom. The predicted molar refractivity (Wildman–Crippen MR) is 128 cm³/mol. The number of benzene rings is 2. The van der Waals surface area contributed by atoms with Gasteiger partial charge in [0.1, 0.15) is 11.4 Å². The maximum absolute atomic E-state index is 12.9. The Bertz CT molecular complexity index is 1220. The molecule has 1 atom stereocenters. The zero-order valence-electron chi connectivity index (χ0n) is 19.1. The molecule has 0 bridgehead atoms. The number of nitrogens with one attached hydrogen (secondary N) is 1. The second-order valence-electron chi connectivity index (χ2n) is 7.85. The number of nitrogens with zero attached hydrogens (tertiary/aromatic N) is 2. The van der Waals surface area contributed by atoms with Gasteiger partial charge in [0.25, 0.3) is 5.69 Å². The molecule has 3 rings (SSSR count). The molecule has 1 aliphatic heterocycles. The summed E-state index contributed by atoms with van der Waals surface area (Å²) in [6.45, 7) is 1.54. The number of thioether (sulfide) groups is 1. The lowest BCUT2D eigenvalue weighted by Gasteiger charge is -2.29. The van der Waals surface area contributed by atoms with Gasteiger partial charge in [-0.2, -0.15) is 0 Å². The highest BCUT2D eigenvalue weighted by atomic mass is 32.2. The van der Waals surface area contributed by atoms with E-state index in [2.05, 4.69) is 10.1 Å². The Balaban J connectivity index is 1.79. The highest BCUT2D eigenvalue weighted by Crippen LogP contribution is 2.31. The third-order valence-electron chi connectivity index (χ3n) is 5.15. The number of sulfonamides is 1. The van der Waals surface area contributed by atoms with E-state index >= 15 is 0 Å². The third-order valence-corrected chi connectivity index (χ3v) is 7.23. The molecule has 1 fully saturated rings. The van der Waals surface area contributed by atoms with Crippen molar-refractivity contribution in [3.8, 4) is 5.75 Å². The molecular weight excluding hydrogens is 541 g/mol. The summed E-state index contributed by atoms with van der Waals surface area (Å²) >= 11 is 1.20. The van der Waals surface area contributed by atoms with Crippen LogP contribution in [0.4, 0.5) is 24.5 Å². The number of anilines is 1. The van der Waals surface area contributed by atoms with Gasteiger partial charge in [0.2, 0.25) is 15.9 Å². The number of morpholine rings is 1. The molecule has 37 heavy (non-hydrogen) atoms. The summed E-state index contributed by atoms with van der Waals surface area (Å²) in [7, 11) is -4.19. The number of carbonyl (C=O) groups excluding carboxylic acids is 1. The summed E-state index contributed by atoms with van der Waals surface area (Å²) in [4.78, 5) is 25.4. The van der Waals surface area contributed by atoms with Gasteiger partial charge in [0, 0.05) is 42.3 Å². The number of ether oxygens (including phenoxy) is 2. The number of nitro benzene ring substituents is 1. The van der Waals surface area contributed by atoms with Crippen molar-refractivity contribution in [1.29, 1.82) is 0 Å². The number of nitrogens with two attached hydrogens (primary N) is 1. The first-order valence-corrected chi connectivity index (χ1v) is 13.3. The van der Waals surface area contributed by atoms with Crippen LogP contribution in [-0.4, -0.2) is 68.6 Å². The smallest absolute Gasteiger partial charge is 0.406 e. The van der Waals surface area contributed by atoms with Crippen LogP contribution in [0.25, 0.3) is 0 Å². The Morgan fingerprint density at radius 2 is 1.86 bits per heavy atom. The Kier molecular flexibility index (Phi) is 9.22. The van der Waals surface area contributed by atoms with Gasteiger partial charge in [-0.1, -0.05) is 0 Å². The van der Waals surface area contributed by atoms with Gasteiger partial charge in [-0.25, -0.2) is 13.6 Å². The molecule has 0 aromatic heterocycles. The van der Waals surface area contributed by atoms with Crippen LogP contribution in [0, 0.1) is 10.1 Å². The molecule has 1 saturated heterocycles. The lowest BCUT2D eigenvalue weighted by Crippen LogP contribution is -2.43. The van der Waals surface area contributed by atoms with E-state index < -0.39 is 37.9 Å². The van der Waals surface area contributed by atoms with Gasteiger partial charge in [0.05, 0.1) is 23.0 Å². The van der Waals surface area contributed by atoms with Crippen LogP contribution in [0.2, 0.25) is 0 Å². The molecule has 0 saturated carbocycles. The molecular formula is C21H23F3N4O7S2. The summed E-state index contributed by atoms with van der Waals surface area (Å²) in [6.07, 6.45) is -4.88. The van der Waals surface area contributed by atoms with Crippen LogP contribution in [-0.2, 0) is 19.6 Å². The molecule has 0 aliphatic carbocycles. The van der Waals surface area contributed by atoms with Gasteiger partial charge in [0.15, 0.2) is 0 Å². The highest BCUT2D eigenvalue weighted by molar-refractivity contribution is 7.99. The van der Waals surface area contributed by atoms with Crippen LogP contribution in [0.5, 0.6) is 5.75 Å². The number of halogens is 3. The number of nitro groups is 1. The molecule has 3 N–H and O–H groups in total. The quantitative estimate of drug-likeness (QED) is 0.252. The minimum Gasteiger partial charge on any atom is -0.406 e. The molecule has 0 radical (unpaired) electrons. The molecule has 1 heterocycles. The second-order valence-corrected chi connectivity index (χ2v) is 10.5. The van der Waals surface area contributed by atoms with E-state index in [1.807, 2.05) is 0 Å². The minimum absolute atomic E-state index is 0.0216. The molecule has 2 aromatic carbocycles. The maximum atomic E-state index is 12.9. The predicted octanol–water partition coefficient (Wildman–Crippen LogP) is 2.96. The van der Waals surface area contributed by atoms with Crippen molar-refractivity contribution in [3.05, 3.63) is 52.6 Å². The van der Waals surface area contributed by atoms with Crippen LogP contribution in [0.3, 0.4) is 0 Å². The second kappa shape index (κ2) is 12.0. The molecule has 1 amide bonds. The van der Waals surface area contributed by atoms with Crippen molar-refractivity contribution in [2.75, 3.05) is 37.4 Å². The van der Waals surface area contributed by atoms with Crippen molar-refractivity contribution in [3.63, 3.8) is 0 Å². The van der Waals surface area contributed by atoms with Crippen LogP contribution >= 0.6 is 11.8 Å². The molecule has 0 spiro atoms. The normalized spacial score (nSPS) is 15.2. The van der Waals surface area contributed by atoms with Crippen molar-refractivity contribution in [2.45, 2.75) is 28.6 Å². The number of amides is 1. The Morgan fingerprint density at radius 3 is 2.43 bits per heavy atom. The number of hydrogen-bond acceptors (Lipinski definition) is 9. The number of hydrogen-bond donors (Lipinski definition) is 2. The topological polar surface area (TPSA) is 154 Å². The molecule has 16 heteroatoms. The van der Waals surface area contributed by atoms with Gasteiger partial charge in [-0.3, -0.25) is 14.9 Å². The van der Waals surface area contributed by atoms with E-state index in [4.69, 9.17) is 9.88 Å². The molecule has 1 aliphatic rings. The maximum Gasteiger partial charge on any atom is 0.573 e. The number of primary sulfonamides is 1. The Hall–Kier alpha value is -3.08. The molecule has 2 aromatic rings. The van der Waals surface area contributed by atoms with Crippen molar-refractivity contribution in [2.24, 2.45) is 5.14 Å². The fourth-order valence-electron chi connectivity index (χ4n) is 3.42. The van der Waals surface area contributed by atoms with E-state index in [0.29, 0.717) is 31.2 Å². The zero-order valence-corrected chi connectivity index (χ0v) is 20.8. The first-order chi connectivity index (χ1) is 17.3. The zero-order chi connectivity index (χ0) is 27.2. The fraction of sp³-hybridized carbons (Fsp3) is 0.381. The summed E-state index contributed by atoms with van der Waals surface area (Å²) in [5.41, 5.74) is -0.569. The van der Waals surface area contributed by atoms with Gasteiger partial charge in [-0.05, 0) is 36.4 Å². The van der Waals surface area contributed by atoms with E-state index in [1.54, 1.807) is 4.90 Å². The fourth-order valence-corrected chi connectivity index (χ4v) is 4.88. The third kappa shape index (κ3) is 8.77. The number of carbonyl (C=O) groups is 1. The lowest BCUT2D eigenvalue weighted by atomic mass is 10.1. The van der Waals surface area contributed by atoms with Crippen LogP contribution in [0.1, 0.15) is 6.42 Å².